The Morgan fingerprint density at radius 1 is 1.08 bits per heavy atom. The van der Waals surface area contributed by atoms with Gasteiger partial charge in [-0.25, -0.2) is 13.6 Å². The van der Waals surface area contributed by atoms with Gasteiger partial charge in [-0.1, -0.05) is 24.3 Å². The second kappa shape index (κ2) is 7.24. The van der Waals surface area contributed by atoms with E-state index in [4.69, 9.17) is 5.14 Å². The van der Waals surface area contributed by atoms with Crippen molar-refractivity contribution >= 4 is 27.5 Å². The molecule has 0 bridgehead atoms. The van der Waals surface area contributed by atoms with Crippen molar-refractivity contribution in [2.45, 2.75) is 11.8 Å². The molecule has 2 aromatic rings. The average Bonchev–Trinajstić information content (AvgIpc) is 2.54. The largest absolute Gasteiger partial charge is 0.343 e. The maximum atomic E-state index is 11.9. The van der Waals surface area contributed by atoms with Crippen LogP contribution in [0.15, 0.2) is 53.4 Å². The molecule has 0 aliphatic carbocycles. The Morgan fingerprint density at radius 3 is 2.38 bits per heavy atom. The summed E-state index contributed by atoms with van der Waals surface area (Å²) in [5, 5.41) is 10.1. The molecular formula is C16H17N3O4S. The number of aryl methyl sites for hydroxylation is 1. The highest BCUT2D eigenvalue weighted by molar-refractivity contribution is 7.89. The minimum Gasteiger partial charge on any atom is -0.343 e. The summed E-state index contributed by atoms with van der Waals surface area (Å²) in [6, 6.07) is 12.9. The normalized spacial score (nSPS) is 10.9. The van der Waals surface area contributed by atoms with Crippen LogP contribution in [0.5, 0.6) is 0 Å². The van der Waals surface area contributed by atoms with Crippen molar-refractivity contribution < 1.29 is 18.0 Å². The third-order valence-electron chi connectivity index (χ3n) is 3.22. The van der Waals surface area contributed by atoms with E-state index < -0.39 is 15.9 Å². The third-order valence-corrected chi connectivity index (χ3v) is 4.28. The predicted octanol–water partition coefficient (Wildman–Crippen LogP) is 1.01. The second-order valence-corrected chi connectivity index (χ2v) is 6.65. The molecule has 2 rings (SSSR count). The fourth-order valence-corrected chi connectivity index (χ4v) is 2.85. The quantitative estimate of drug-likeness (QED) is 0.748. The molecule has 0 radical (unpaired) electrons. The van der Waals surface area contributed by atoms with Gasteiger partial charge in [0.05, 0.1) is 11.4 Å². The Bertz CT molecular complexity index is 864. The van der Waals surface area contributed by atoms with Crippen molar-refractivity contribution in [1.29, 1.82) is 0 Å². The summed E-state index contributed by atoms with van der Waals surface area (Å²) in [6.45, 7) is 1.36. The molecule has 0 aliphatic rings. The molecule has 0 saturated heterocycles. The molecule has 7 nitrogen and oxygen atoms in total. The zero-order chi connectivity index (χ0) is 17.7. The summed E-state index contributed by atoms with van der Waals surface area (Å²) in [5.74, 6) is -0.858. The van der Waals surface area contributed by atoms with Gasteiger partial charge in [-0.15, -0.1) is 0 Å². The Balaban J connectivity index is 1.99. The maximum Gasteiger partial charge on any atom is 0.251 e. The lowest BCUT2D eigenvalue weighted by Crippen LogP contribution is -2.32. The van der Waals surface area contributed by atoms with Crippen molar-refractivity contribution in [3.63, 3.8) is 0 Å². The van der Waals surface area contributed by atoms with Crippen LogP contribution in [-0.4, -0.2) is 26.8 Å². The van der Waals surface area contributed by atoms with Gasteiger partial charge in [-0.05, 0) is 36.8 Å². The molecule has 2 amide bonds. The van der Waals surface area contributed by atoms with Crippen molar-refractivity contribution in [2.24, 2.45) is 5.14 Å². The minimum atomic E-state index is -3.87. The minimum absolute atomic E-state index is 0.0615. The van der Waals surface area contributed by atoms with Gasteiger partial charge in [0.1, 0.15) is 0 Å². The van der Waals surface area contributed by atoms with Crippen LogP contribution in [0.2, 0.25) is 0 Å². The number of anilines is 1. The molecule has 0 spiro atoms. The molecule has 24 heavy (non-hydrogen) atoms. The fraction of sp³-hybridized carbons (Fsp3) is 0.125. The van der Waals surface area contributed by atoms with Crippen LogP contribution in [0.1, 0.15) is 15.9 Å². The first-order valence-electron chi connectivity index (χ1n) is 7.04. The Labute approximate surface area is 139 Å². The summed E-state index contributed by atoms with van der Waals surface area (Å²) in [6.07, 6.45) is 0. The first-order valence-corrected chi connectivity index (χ1v) is 8.58. The molecule has 0 aromatic heterocycles. The van der Waals surface area contributed by atoms with Crippen LogP contribution >= 0.6 is 0 Å². The molecule has 0 fully saturated rings. The number of sulfonamides is 1. The van der Waals surface area contributed by atoms with Gasteiger partial charge < -0.3 is 10.6 Å². The van der Waals surface area contributed by atoms with E-state index in [2.05, 4.69) is 10.6 Å². The summed E-state index contributed by atoms with van der Waals surface area (Å²) >= 11 is 0. The van der Waals surface area contributed by atoms with Crippen LogP contribution in [0.25, 0.3) is 0 Å². The molecule has 4 N–H and O–H groups in total. The molecule has 0 atom stereocenters. The number of hydrogen-bond donors (Lipinski definition) is 3. The summed E-state index contributed by atoms with van der Waals surface area (Å²) < 4.78 is 22.9. The van der Waals surface area contributed by atoms with Gasteiger partial charge in [0.2, 0.25) is 15.9 Å². The number of carbonyl (C=O) groups excluding carboxylic acids is 2. The van der Waals surface area contributed by atoms with E-state index >= 15 is 0 Å². The highest BCUT2D eigenvalue weighted by atomic mass is 32.2. The van der Waals surface area contributed by atoms with E-state index in [1.54, 1.807) is 43.3 Å². The molecule has 0 saturated carbocycles. The van der Waals surface area contributed by atoms with Crippen molar-refractivity contribution in [3.8, 4) is 0 Å². The van der Waals surface area contributed by atoms with E-state index in [-0.39, 0.29) is 23.0 Å². The molecule has 126 valence electrons. The standard InChI is InChI=1S/C16H17N3O4S/c1-11-7-8-13(9-14(11)24(17,22)23)19-15(20)10-18-16(21)12-5-3-2-4-6-12/h2-9H,10H2,1H3,(H,18,21)(H,19,20)(H2,17,22,23). The van der Waals surface area contributed by atoms with E-state index in [1.807, 2.05) is 0 Å². The summed E-state index contributed by atoms with van der Waals surface area (Å²) in [4.78, 5) is 23.7. The SMILES string of the molecule is Cc1ccc(NC(=O)CNC(=O)c2ccccc2)cc1S(N)(=O)=O. The van der Waals surface area contributed by atoms with Gasteiger partial charge in [0, 0.05) is 11.3 Å². The molecule has 0 heterocycles. The molecule has 0 aliphatic heterocycles. The Hall–Kier alpha value is -2.71. The first kappa shape index (κ1) is 17.6. The number of hydrogen-bond acceptors (Lipinski definition) is 4. The lowest BCUT2D eigenvalue weighted by Gasteiger charge is -2.09. The van der Waals surface area contributed by atoms with Gasteiger partial charge >= 0.3 is 0 Å². The number of nitrogens with one attached hydrogen (secondary N) is 2. The predicted molar refractivity (Wildman–Crippen MR) is 90.0 cm³/mol. The van der Waals surface area contributed by atoms with Gasteiger partial charge in [0.25, 0.3) is 5.91 Å². The Morgan fingerprint density at radius 2 is 1.75 bits per heavy atom. The number of rotatable bonds is 5. The zero-order valence-corrected chi connectivity index (χ0v) is 13.8. The number of amides is 2. The van der Waals surface area contributed by atoms with Crippen molar-refractivity contribution in [1.82, 2.24) is 5.32 Å². The lowest BCUT2D eigenvalue weighted by molar-refractivity contribution is -0.115. The van der Waals surface area contributed by atoms with Crippen LogP contribution in [0.3, 0.4) is 0 Å². The summed E-state index contributed by atoms with van der Waals surface area (Å²) in [7, 11) is -3.87. The summed E-state index contributed by atoms with van der Waals surface area (Å²) in [5.41, 5.74) is 1.20. The molecular weight excluding hydrogens is 330 g/mol. The van der Waals surface area contributed by atoms with Gasteiger partial charge in [0.15, 0.2) is 0 Å². The second-order valence-electron chi connectivity index (χ2n) is 5.12. The smallest absolute Gasteiger partial charge is 0.251 e. The van der Waals surface area contributed by atoms with E-state index in [0.717, 1.165) is 0 Å². The number of benzene rings is 2. The monoisotopic (exact) mass is 347 g/mol. The fourth-order valence-electron chi connectivity index (χ4n) is 2.04. The molecule has 0 unspecified atom stereocenters. The van der Waals surface area contributed by atoms with Gasteiger partial charge in [-0.2, -0.15) is 0 Å². The Kier molecular flexibility index (Phi) is 5.32. The average molecular weight is 347 g/mol. The van der Waals surface area contributed by atoms with Crippen molar-refractivity contribution in [2.75, 3.05) is 11.9 Å². The zero-order valence-electron chi connectivity index (χ0n) is 12.9. The highest BCUT2D eigenvalue weighted by Crippen LogP contribution is 2.18. The highest BCUT2D eigenvalue weighted by Gasteiger charge is 2.13. The van der Waals surface area contributed by atoms with Gasteiger partial charge in [-0.3, -0.25) is 9.59 Å². The van der Waals surface area contributed by atoms with E-state index in [0.29, 0.717) is 11.1 Å². The maximum absolute atomic E-state index is 11.9. The number of primary sulfonamides is 1. The lowest BCUT2D eigenvalue weighted by atomic mass is 10.2. The van der Waals surface area contributed by atoms with Crippen LogP contribution in [0.4, 0.5) is 5.69 Å². The number of carbonyl (C=O) groups is 2. The van der Waals surface area contributed by atoms with E-state index in [9.17, 15) is 18.0 Å². The van der Waals surface area contributed by atoms with Crippen molar-refractivity contribution in [3.05, 3.63) is 59.7 Å². The molecule has 2 aromatic carbocycles. The van der Waals surface area contributed by atoms with Crippen LogP contribution in [-0.2, 0) is 14.8 Å². The molecule has 8 heteroatoms. The van der Waals surface area contributed by atoms with E-state index in [1.165, 1.54) is 12.1 Å². The first-order chi connectivity index (χ1) is 11.3. The van der Waals surface area contributed by atoms with Crippen LogP contribution < -0.4 is 15.8 Å². The third kappa shape index (κ3) is 4.64. The number of nitrogens with two attached hydrogens (primary N) is 1. The van der Waals surface area contributed by atoms with Crippen LogP contribution in [0, 0.1) is 6.92 Å². The topological polar surface area (TPSA) is 118 Å².